The van der Waals surface area contributed by atoms with E-state index in [0.717, 1.165) is 33.7 Å². The molecule has 1 spiro atoms. The number of amides is 4. The normalized spacial score (nSPS) is 22.1. The van der Waals surface area contributed by atoms with Crippen LogP contribution in [0.1, 0.15) is 41.7 Å². The van der Waals surface area contributed by atoms with Gasteiger partial charge in [0.25, 0.3) is 5.91 Å². The first-order valence-electron chi connectivity index (χ1n) is 9.54. The SMILES string of the molecule is C[C@@H](CNC(=O)CN1C(=O)N[C@]2(CCCc3sccc32)C1=O)c1ccccc1. The molecule has 4 rings (SSSR count). The van der Waals surface area contributed by atoms with Crippen molar-refractivity contribution in [2.24, 2.45) is 0 Å². The number of benzene rings is 1. The van der Waals surface area contributed by atoms with Gasteiger partial charge in [-0.05, 0) is 42.2 Å². The molecule has 1 aromatic carbocycles. The van der Waals surface area contributed by atoms with Crippen LogP contribution in [0.25, 0.3) is 0 Å². The van der Waals surface area contributed by atoms with Crippen molar-refractivity contribution >= 4 is 29.2 Å². The molecule has 1 saturated heterocycles. The molecule has 1 aliphatic heterocycles. The Balaban J connectivity index is 1.41. The largest absolute Gasteiger partial charge is 0.354 e. The molecule has 1 aliphatic carbocycles. The number of carbonyl (C=O) groups is 3. The molecule has 7 heteroatoms. The summed E-state index contributed by atoms with van der Waals surface area (Å²) in [5.74, 6) is -0.501. The minimum Gasteiger partial charge on any atom is -0.354 e. The van der Waals surface area contributed by atoms with E-state index in [9.17, 15) is 14.4 Å². The van der Waals surface area contributed by atoms with Gasteiger partial charge in [0.15, 0.2) is 0 Å². The first kappa shape index (κ1) is 18.7. The second-order valence-electron chi connectivity index (χ2n) is 7.45. The number of carbonyl (C=O) groups excluding carboxylic acids is 3. The first-order chi connectivity index (χ1) is 13.5. The molecule has 1 fully saturated rings. The summed E-state index contributed by atoms with van der Waals surface area (Å²) in [6, 6.07) is 11.3. The van der Waals surface area contributed by atoms with Crippen molar-refractivity contribution in [3.05, 3.63) is 57.8 Å². The average Bonchev–Trinajstić information content (AvgIpc) is 3.27. The fraction of sp³-hybridized carbons (Fsp3) is 0.381. The molecule has 0 unspecified atom stereocenters. The Morgan fingerprint density at radius 3 is 2.86 bits per heavy atom. The second kappa shape index (κ2) is 7.39. The summed E-state index contributed by atoms with van der Waals surface area (Å²) < 4.78 is 0. The molecule has 0 saturated carbocycles. The molecular formula is C21H23N3O3S. The lowest BCUT2D eigenvalue weighted by Gasteiger charge is -2.31. The fourth-order valence-corrected chi connectivity index (χ4v) is 5.05. The van der Waals surface area contributed by atoms with Crippen LogP contribution in [-0.2, 0) is 21.5 Å². The Labute approximate surface area is 167 Å². The third-order valence-electron chi connectivity index (χ3n) is 5.61. The highest BCUT2D eigenvalue weighted by atomic mass is 32.1. The lowest BCUT2D eigenvalue weighted by molar-refractivity contribution is -0.135. The quantitative estimate of drug-likeness (QED) is 0.762. The molecule has 2 aliphatic rings. The molecule has 6 nitrogen and oxygen atoms in total. The highest BCUT2D eigenvalue weighted by molar-refractivity contribution is 7.10. The summed E-state index contributed by atoms with van der Waals surface area (Å²) in [6.45, 7) is 2.22. The minimum atomic E-state index is -0.998. The van der Waals surface area contributed by atoms with Crippen LogP contribution in [-0.4, -0.2) is 35.8 Å². The van der Waals surface area contributed by atoms with E-state index in [1.54, 1.807) is 11.3 Å². The van der Waals surface area contributed by atoms with Crippen LogP contribution in [0.4, 0.5) is 4.79 Å². The summed E-state index contributed by atoms with van der Waals surface area (Å²) in [6.07, 6.45) is 2.34. The highest BCUT2D eigenvalue weighted by Gasteiger charge is 2.54. The third-order valence-corrected chi connectivity index (χ3v) is 6.59. The monoisotopic (exact) mass is 397 g/mol. The Morgan fingerprint density at radius 1 is 1.29 bits per heavy atom. The van der Waals surface area contributed by atoms with Crippen LogP contribution in [0.2, 0.25) is 0 Å². The maximum atomic E-state index is 13.1. The van der Waals surface area contributed by atoms with Gasteiger partial charge in [0, 0.05) is 17.0 Å². The van der Waals surface area contributed by atoms with Crippen LogP contribution in [0.5, 0.6) is 0 Å². The van der Waals surface area contributed by atoms with Gasteiger partial charge in [-0.1, -0.05) is 37.3 Å². The zero-order valence-electron chi connectivity index (χ0n) is 15.7. The number of urea groups is 1. The summed E-state index contributed by atoms with van der Waals surface area (Å²) in [5.41, 5.74) is 1.02. The predicted octanol–water partition coefficient (Wildman–Crippen LogP) is 2.75. The molecule has 2 heterocycles. The molecular weight excluding hydrogens is 374 g/mol. The molecule has 146 valence electrons. The first-order valence-corrected chi connectivity index (χ1v) is 10.4. The van der Waals surface area contributed by atoms with E-state index in [1.165, 1.54) is 0 Å². The molecule has 2 atom stereocenters. The average molecular weight is 398 g/mol. The van der Waals surface area contributed by atoms with Gasteiger partial charge in [-0.2, -0.15) is 0 Å². The van der Waals surface area contributed by atoms with E-state index >= 15 is 0 Å². The molecule has 1 aromatic heterocycles. The topological polar surface area (TPSA) is 78.5 Å². The highest BCUT2D eigenvalue weighted by Crippen LogP contribution is 2.41. The van der Waals surface area contributed by atoms with E-state index in [4.69, 9.17) is 0 Å². The number of hydrogen-bond acceptors (Lipinski definition) is 4. The van der Waals surface area contributed by atoms with Crippen molar-refractivity contribution in [1.82, 2.24) is 15.5 Å². The van der Waals surface area contributed by atoms with Crippen molar-refractivity contribution in [1.29, 1.82) is 0 Å². The number of fused-ring (bicyclic) bond motifs is 2. The fourth-order valence-electron chi connectivity index (χ4n) is 4.05. The third kappa shape index (κ3) is 3.20. The van der Waals surface area contributed by atoms with Crippen LogP contribution >= 0.6 is 11.3 Å². The Bertz CT molecular complexity index is 911. The van der Waals surface area contributed by atoms with E-state index in [0.29, 0.717) is 13.0 Å². The number of thiophene rings is 1. The number of nitrogens with one attached hydrogen (secondary N) is 2. The molecule has 0 bridgehead atoms. The van der Waals surface area contributed by atoms with Crippen LogP contribution < -0.4 is 10.6 Å². The van der Waals surface area contributed by atoms with Crippen LogP contribution in [0.3, 0.4) is 0 Å². The molecule has 2 aromatic rings. The maximum absolute atomic E-state index is 13.1. The number of aryl methyl sites for hydroxylation is 1. The number of hydrogen-bond donors (Lipinski definition) is 2. The van der Waals surface area contributed by atoms with Crippen molar-refractivity contribution < 1.29 is 14.4 Å². The van der Waals surface area contributed by atoms with Crippen LogP contribution in [0, 0.1) is 0 Å². The lowest BCUT2D eigenvalue weighted by Crippen LogP contribution is -2.47. The molecule has 0 radical (unpaired) electrons. The van der Waals surface area contributed by atoms with Crippen molar-refractivity contribution in [2.45, 2.75) is 37.6 Å². The van der Waals surface area contributed by atoms with Gasteiger partial charge in [-0.25, -0.2) is 4.79 Å². The van der Waals surface area contributed by atoms with Crippen LogP contribution in [0.15, 0.2) is 41.8 Å². The predicted molar refractivity (Wildman–Crippen MR) is 107 cm³/mol. The van der Waals surface area contributed by atoms with Gasteiger partial charge < -0.3 is 10.6 Å². The smallest absolute Gasteiger partial charge is 0.325 e. The van der Waals surface area contributed by atoms with Crippen molar-refractivity contribution in [2.75, 3.05) is 13.1 Å². The minimum absolute atomic E-state index is 0.145. The number of imide groups is 1. The van der Waals surface area contributed by atoms with Gasteiger partial charge in [-0.15, -0.1) is 11.3 Å². The summed E-state index contributed by atoms with van der Waals surface area (Å²) in [4.78, 5) is 40.2. The zero-order chi connectivity index (χ0) is 19.7. The molecule has 28 heavy (non-hydrogen) atoms. The molecule has 2 N–H and O–H groups in total. The number of rotatable bonds is 5. The zero-order valence-corrected chi connectivity index (χ0v) is 16.6. The van der Waals surface area contributed by atoms with E-state index in [1.807, 2.05) is 48.7 Å². The summed E-state index contributed by atoms with van der Waals surface area (Å²) in [5, 5.41) is 7.67. The Hall–Kier alpha value is -2.67. The maximum Gasteiger partial charge on any atom is 0.325 e. The van der Waals surface area contributed by atoms with Gasteiger partial charge in [0.2, 0.25) is 5.91 Å². The van der Waals surface area contributed by atoms with Crippen molar-refractivity contribution in [3.63, 3.8) is 0 Å². The van der Waals surface area contributed by atoms with Gasteiger partial charge in [0.1, 0.15) is 12.1 Å². The van der Waals surface area contributed by atoms with Gasteiger partial charge in [0.05, 0.1) is 0 Å². The van der Waals surface area contributed by atoms with Crippen molar-refractivity contribution in [3.8, 4) is 0 Å². The second-order valence-corrected chi connectivity index (χ2v) is 8.45. The summed E-state index contributed by atoms with van der Waals surface area (Å²) >= 11 is 1.61. The Morgan fingerprint density at radius 2 is 2.07 bits per heavy atom. The van der Waals surface area contributed by atoms with Gasteiger partial charge >= 0.3 is 6.03 Å². The molecule has 4 amide bonds. The number of nitrogens with zero attached hydrogens (tertiary/aromatic N) is 1. The lowest BCUT2D eigenvalue weighted by atomic mass is 9.80. The van der Waals surface area contributed by atoms with E-state index < -0.39 is 11.6 Å². The van der Waals surface area contributed by atoms with E-state index in [2.05, 4.69) is 10.6 Å². The Kier molecular flexibility index (Phi) is 4.93. The standard InChI is InChI=1S/C21H23N3O3S/c1-14(15-6-3-2-4-7-15)12-22-18(25)13-24-19(26)21(23-20(24)27)10-5-8-17-16(21)9-11-28-17/h2-4,6-7,9,11,14H,5,8,10,12-13H2,1H3,(H,22,25)(H,23,27)/t14-,21-/m0/s1. The summed E-state index contributed by atoms with van der Waals surface area (Å²) in [7, 11) is 0. The van der Waals surface area contributed by atoms with E-state index in [-0.39, 0.29) is 24.3 Å². The van der Waals surface area contributed by atoms with Gasteiger partial charge in [-0.3, -0.25) is 14.5 Å².